The molecule has 0 fully saturated rings. The summed E-state index contributed by atoms with van der Waals surface area (Å²) in [5.41, 5.74) is 1.89. The molecular formula is C27H24O6. The molecule has 1 aromatic heterocycles. The van der Waals surface area contributed by atoms with Crippen LogP contribution in [0.15, 0.2) is 69.9 Å². The molecule has 6 heteroatoms. The summed E-state index contributed by atoms with van der Waals surface area (Å²) in [6, 6.07) is 17.9. The van der Waals surface area contributed by atoms with Crippen molar-refractivity contribution in [2.75, 3.05) is 20.8 Å². The summed E-state index contributed by atoms with van der Waals surface area (Å²) in [7, 11) is 3.07. The van der Waals surface area contributed by atoms with Crippen LogP contribution in [0.4, 0.5) is 0 Å². The Hall–Kier alpha value is -4.19. The second kappa shape index (κ2) is 9.53. The summed E-state index contributed by atoms with van der Waals surface area (Å²) in [5, 5.41) is 11.1. The average Bonchev–Trinajstić information content (AvgIpc) is 2.85. The predicted octanol–water partition coefficient (Wildman–Crippen LogP) is 5.75. The lowest BCUT2D eigenvalue weighted by Crippen LogP contribution is -2.04. The van der Waals surface area contributed by atoms with Gasteiger partial charge in [0.05, 0.1) is 31.8 Å². The first-order valence-electron chi connectivity index (χ1n) is 10.5. The topological polar surface area (TPSA) is 78.1 Å². The lowest BCUT2D eigenvalue weighted by molar-refractivity contribution is 0.340. The largest absolute Gasteiger partial charge is 0.502 e. The van der Waals surface area contributed by atoms with E-state index in [9.17, 15) is 9.90 Å². The molecule has 0 aliphatic carbocycles. The van der Waals surface area contributed by atoms with Crippen LogP contribution < -0.4 is 19.6 Å². The molecule has 0 unspecified atom stereocenters. The molecule has 0 atom stereocenters. The van der Waals surface area contributed by atoms with Crippen molar-refractivity contribution in [3.8, 4) is 34.3 Å². The molecule has 33 heavy (non-hydrogen) atoms. The number of para-hydroxylation sites is 1. The van der Waals surface area contributed by atoms with Crippen LogP contribution in [-0.2, 0) is 0 Å². The molecule has 1 N–H and O–H groups in total. The van der Waals surface area contributed by atoms with Gasteiger partial charge in [-0.05, 0) is 48.4 Å². The van der Waals surface area contributed by atoms with Crippen molar-refractivity contribution < 1.29 is 23.7 Å². The minimum absolute atomic E-state index is 0.0320. The zero-order chi connectivity index (χ0) is 23.4. The Balaban J connectivity index is 1.89. The highest BCUT2D eigenvalue weighted by Gasteiger charge is 2.22. The van der Waals surface area contributed by atoms with E-state index in [0.717, 1.165) is 11.3 Å². The van der Waals surface area contributed by atoms with Crippen LogP contribution in [0.5, 0.6) is 23.0 Å². The van der Waals surface area contributed by atoms with Gasteiger partial charge in [-0.1, -0.05) is 36.4 Å². The van der Waals surface area contributed by atoms with Crippen molar-refractivity contribution in [2.24, 2.45) is 0 Å². The highest BCUT2D eigenvalue weighted by Crippen LogP contribution is 2.42. The van der Waals surface area contributed by atoms with Crippen molar-refractivity contribution in [1.82, 2.24) is 0 Å². The van der Waals surface area contributed by atoms with Gasteiger partial charge in [0.25, 0.3) is 0 Å². The summed E-state index contributed by atoms with van der Waals surface area (Å²) in [5.74, 6) is 1.30. The second-order valence-corrected chi connectivity index (χ2v) is 7.23. The molecule has 3 aromatic carbocycles. The summed E-state index contributed by atoms with van der Waals surface area (Å²) in [6.07, 6.45) is 3.76. The van der Waals surface area contributed by atoms with Gasteiger partial charge >= 0.3 is 0 Å². The van der Waals surface area contributed by atoms with Crippen molar-refractivity contribution in [3.05, 3.63) is 82.0 Å². The fourth-order valence-corrected chi connectivity index (χ4v) is 3.59. The van der Waals surface area contributed by atoms with Crippen LogP contribution in [0.2, 0.25) is 0 Å². The molecule has 6 nitrogen and oxygen atoms in total. The molecular weight excluding hydrogens is 420 g/mol. The number of aromatic hydroxyl groups is 1. The minimum atomic E-state index is -0.508. The molecule has 0 radical (unpaired) electrons. The fourth-order valence-electron chi connectivity index (χ4n) is 3.59. The van der Waals surface area contributed by atoms with E-state index in [2.05, 4.69) is 0 Å². The van der Waals surface area contributed by atoms with E-state index >= 15 is 0 Å². The third kappa shape index (κ3) is 4.41. The summed E-state index contributed by atoms with van der Waals surface area (Å²) < 4.78 is 22.5. The molecule has 0 aliphatic heterocycles. The lowest BCUT2D eigenvalue weighted by Gasteiger charge is -2.15. The van der Waals surface area contributed by atoms with Crippen LogP contribution in [0.3, 0.4) is 0 Å². The third-order valence-corrected chi connectivity index (χ3v) is 5.21. The van der Waals surface area contributed by atoms with E-state index in [1.54, 1.807) is 43.5 Å². The number of hydrogen-bond acceptors (Lipinski definition) is 6. The van der Waals surface area contributed by atoms with E-state index in [1.807, 2.05) is 43.3 Å². The summed E-state index contributed by atoms with van der Waals surface area (Å²) >= 11 is 0. The molecule has 168 valence electrons. The number of benzene rings is 3. The van der Waals surface area contributed by atoms with Crippen LogP contribution in [0.1, 0.15) is 18.1 Å². The second-order valence-electron chi connectivity index (χ2n) is 7.23. The van der Waals surface area contributed by atoms with E-state index in [4.69, 9.17) is 18.6 Å². The molecule has 0 amide bonds. The highest BCUT2D eigenvalue weighted by atomic mass is 16.5. The van der Waals surface area contributed by atoms with E-state index in [1.165, 1.54) is 7.11 Å². The standard InChI is InChI=1S/C27H24O6/c1-4-32-19-13-10-17(11-14-19)9-12-18-15-20(30-2)16-23(31-3)24(18)27-26(29)25(28)21-7-5-6-8-22(21)33-27/h5-16,29H,4H2,1-3H3/b12-9+. The van der Waals surface area contributed by atoms with Gasteiger partial charge in [0.1, 0.15) is 22.8 Å². The van der Waals surface area contributed by atoms with Gasteiger partial charge in [-0.15, -0.1) is 0 Å². The first kappa shape index (κ1) is 22.0. The molecule has 0 aliphatic rings. The zero-order valence-electron chi connectivity index (χ0n) is 18.6. The molecule has 1 heterocycles. The van der Waals surface area contributed by atoms with Gasteiger partial charge in [-0.2, -0.15) is 0 Å². The Morgan fingerprint density at radius 1 is 0.939 bits per heavy atom. The third-order valence-electron chi connectivity index (χ3n) is 5.21. The quantitative estimate of drug-likeness (QED) is 0.366. The first-order chi connectivity index (χ1) is 16.0. The van der Waals surface area contributed by atoms with Gasteiger partial charge in [-0.3, -0.25) is 4.79 Å². The number of methoxy groups -OCH3 is 2. The summed E-state index contributed by atoms with van der Waals surface area (Å²) in [6.45, 7) is 2.54. The van der Waals surface area contributed by atoms with Crippen LogP contribution >= 0.6 is 0 Å². The van der Waals surface area contributed by atoms with Gasteiger partial charge in [0.2, 0.25) is 11.2 Å². The van der Waals surface area contributed by atoms with E-state index in [0.29, 0.717) is 40.2 Å². The monoisotopic (exact) mass is 444 g/mol. The Morgan fingerprint density at radius 3 is 2.39 bits per heavy atom. The molecule has 4 rings (SSSR count). The Labute approximate surface area is 191 Å². The lowest BCUT2D eigenvalue weighted by atomic mass is 10.00. The van der Waals surface area contributed by atoms with Gasteiger partial charge in [-0.25, -0.2) is 0 Å². The Kier molecular flexibility index (Phi) is 6.36. The maximum absolute atomic E-state index is 12.8. The maximum Gasteiger partial charge on any atom is 0.235 e. The fraction of sp³-hybridized carbons (Fsp3) is 0.148. The van der Waals surface area contributed by atoms with Crippen molar-refractivity contribution in [1.29, 1.82) is 0 Å². The maximum atomic E-state index is 12.8. The highest BCUT2D eigenvalue weighted by molar-refractivity contribution is 5.88. The van der Waals surface area contributed by atoms with E-state index < -0.39 is 11.2 Å². The van der Waals surface area contributed by atoms with Gasteiger partial charge in [0.15, 0.2) is 5.76 Å². The van der Waals surface area contributed by atoms with Crippen LogP contribution in [-0.4, -0.2) is 25.9 Å². The zero-order valence-corrected chi connectivity index (χ0v) is 18.6. The van der Waals surface area contributed by atoms with Gasteiger partial charge in [0, 0.05) is 6.07 Å². The predicted molar refractivity (Wildman–Crippen MR) is 129 cm³/mol. The van der Waals surface area contributed by atoms with Crippen LogP contribution in [0, 0.1) is 0 Å². The summed E-state index contributed by atoms with van der Waals surface area (Å²) in [4.78, 5) is 12.8. The molecule has 0 saturated heterocycles. The van der Waals surface area contributed by atoms with Crippen molar-refractivity contribution >= 4 is 23.1 Å². The normalized spacial score (nSPS) is 11.1. The minimum Gasteiger partial charge on any atom is -0.502 e. The number of ether oxygens (including phenoxy) is 3. The van der Waals surface area contributed by atoms with E-state index in [-0.39, 0.29) is 5.76 Å². The van der Waals surface area contributed by atoms with Crippen LogP contribution in [0.25, 0.3) is 34.4 Å². The smallest absolute Gasteiger partial charge is 0.235 e. The molecule has 0 bridgehead atoms. The molecule has 0 spiro atoms. The number of fused-ring (bicyclic) bond motifs is 1. The molecule has 4 aromatic rings. The average molecular weight is 444 g/mol. The number of rotatable bonds is 7. The van der Waals surface area contributed by atoms with Gasteiger partial charge < -0.3 is 23.7 Å². The van der Waals surface area contributed by atoms with Crippen molar-refractivity contribution in [3.63, 3.8) is 0 Å². The molecule has 0 saturated carbocycles. The Bertz CT molecular complexity index is 1370. The first-order valence-corrected chi connectivity index (χ1v) is 10.5. The SMILES string of the molecule is CCOc1ccc(/C=C/c2cc(OC)cc(OC)c2-c2oc3ccccc3c(=O)c2O)cc1. The van der Waals surface area contributed by atoms with Crippen molar-refractivity contribution in [2.45, 2.75) is 6.92 Å². The Morgan fingerprint density at radius 2 is 1.70 bits per heavy atom. The number of hydrogen-bond donors (Lipinski definition) is 1.